The van der Waals surface area contributed by atoms with Gasteiger partial charge in [-0.1, -0.05) is 35.5 Å². The fourth-order valence-corrected chi connectivity index (χ4v) is 3.72. The van der Waals surface area contributed by atoms with Crippen molar-refractivity contribution in [2.24, 2.45) is 5.92 Å². The summed E-state index contributed by atoms with van der Waals surface area (Å²) in [7, 11) is 0. The monoisotopic (exact) mass is 391 g/mol. The van der Waals surface area contributed by atoms with Crippen LogP contribution >= 0.6 is 0 Å². The first-order chi connectivity index (χ1) is 14.1. The number of anilines is 2. The van der Waals surface area contributed by atoms with Crippen LogP contribution in [0.3, 0.4) is 0 Å². The molecule has 1 N–H and O–H groups in total. The van der Waals surface area contributed by atoms with Crippen LogP contribution in [0.5, 0.6) is 0 Å². The van der Waals surface area contributed by atoms with Gasteiger partial charge in [-0.15, -0.1) is 0 Å². The maximum Gasteiger partial charge on any atom is 0.272 e. The lowest BCUT2D eigenvalue weighted by molar-refractivity contribution is 0.0684. The van der Waals surface area contributed by atoms with Gasteiger partial charge in [0, 0.05) is 24.8 Å². The van der Waals surface area contributed by atoms with E-state index in [1.54, 1.807) is 12.1 Å². The van der Waals surface area contributed by atoms with Crippen LogP contribution in [0.15, 0.2) is 47.0 Å². The zero-order valence-electron chi connectivity index (χ0n) is 16.8. The summed E-state index contributed by atoms with van der Waals surface area (Å²) in [4.78, 5) is 23.7. The van der Waals surface area contributed by atoms with E-state index in [4.69, 9.17) is 4.52 Å². The van der Waals surface area contributed by atoms with E-state index in [0.29, 0.717) is 29.1 Å². The quantitative estimate of drug-likeness (QED) is 0.710. The van der Waals surface area contributed by atoms with Crippen LogP contribution < -0.4 is 5.32 Å². The van der Waals surface area contributed by atoms with Crippen molar-refractivity contribution < 1.29 is 9.32 Å². The highest BCUT2D eigenvalue weighted by Crippen LogP contribution is 2.23. The molecule has 2 aromatic heterocycles. The molecule has 4 rings (SSSR count). The minimum absolute atomic E-state index is 0.0481. The molecule has 7 heteroatoms. The zero-order valence-corrected chi connectivity index (χ0v) is 16.8. The Morgan fingerprint density at radius 1 is 1.14 bits per heavy atom. The number of nitrogens with zero attached hydrogens (tertiary/aromatic N) is 4. The van der Waals surface area contributed by atoms with Gasteiger partial charge in [0.25, 0.3) is 5.91 Å². The summed E-state index contributed by atoms with van der Waals surface area (Å²) in [6.07, 6.45) is 3.09. The summed E-state index contributed by atoms with van der Waals surface area (Å²) in [5.74, 6) is 2.12. The molecule has 0 aliphatic carbocycles. The molecule has 150 valence electrons. The molecule has 0 bridgehead atoms. The van der Waals surface area contributed by atoms with Crippen molar-refractivity contribution >= 4 is 17.7 Å². The van der Waals surface area contributed by atoms with E-state index < -0.39 is 0 Å². The third-order valence-electron chi connectivity index (χ3n) is 5.21. The largest absolute Gasteiger partial charge is 0.360 e. The number of hydrogen-bond acceptors (Lipinski definition) is 6. The Morgan fingerprint density at radius 3 is 2.59 bits per heavy atom. The topological polar surface area (TPSA) is 84.2 Å². The van der Waals surface area contributed by atoms with Crippen molar-refractivity contribution in [1.29, 1.82) is 0 Å². The molecule has 1 aromatic carbocycles. The molecule has 0 spiro atoms. The molecule has 29 heavy (non-hydrogen) atoms. The molecule has 1 aliphatic heterocycles. The summed E-state index contributed by atoms with van der Waals surface area (Å²) in [5.41, 5.74) is 2.49. The van der Waals surface area contributed by atoms with Gasteiger partial charge in [0.05, 0.1) is 0 Å². The van der Waals surface area contributed by atoms with Crippen molar-refractivity contribution in [3.63, 3.8) is 0 Å². The zero-order chi connectivity index (χ0) is 20.2. The Bertz CT molecular complexity index is 978. The van der Waals surface area contributed by atoms with Gasteiger partial charge in [0.2, 0.25) is 5.95 Å². The number of amides is 1. The highest BCUT2D eigenvalue weighted by Gasteiger charge is 2.25. The van der Waals surface area contributed by atoms with Crippen LogP contribution in [0, 0.1) is 19.8 Å². The number of hydrogen-bond donors (Lipinski definition) is 1. The summed E-state index contributed by atoms with van der Waals surface area (Å²) in [6, 6.07) is 14.0. The van der Waals surface area contributed by atoms with Gasteiger partial charge < -0.3 is 14.7 Å². The molecule has 1 aliphatic rings. The number of carbonyl (C=O) groups is 1. The molecule has 0 atom stereocenters. The van der Waals surface area contributed by atoms with Gasteiger partial charge >= 0.3 is 0 Å². The second kappa shape index (κ2) is 8.43. The van der Waals surface area contributed by atoms with Crippen molar-refractivity contribution in [3.8, 4) is 0 Å². The summed E-state index contributed by atoms with van der Waals surface area (Å²) in [6.45, 7) is 5.17. The molecule has 3 aromatic rings. The minimum atomic E-state index is -0.0481. The van der Waals surface area contributed by atoms with Crippen LogP contribution in [0.2, 0.25) is 0 Å². The van der Waals surface area contributed by atoms with Gasteiger partial charge in [-0.3, -0.25) is 4.79 Å². The van der Waals surface area contributed by atoms with Gasteiger partial charge in [-0.2, -0.15) is 0 Å². The van der Waals surface area contributed by atoms with E-state index in [9.17, 15) is 4.79 Å². The van der Waals surface area contributed by atoms with Crippen molar-refractivity contribution in [2.45, 2.75) is 33.1 Å². The molecule has 1 amide bonds. The van der Waals surface area contributed by atoms with Gasteiger partial charge in [-0.05, 0) is 50.7 Å². The van der Waals surface area contributed by atoms with Gasteiger partial charge in [0.15, 0.2) is 5.82 Å². The number of rotatable bonds is 5. The van der Waals surface area contributed by atoms with Crippen LogP contribution in [-0.4, -0.2) is 39.0 Å². The van der Waals surface area contributed by atoms with Crippen molar-refractivity contribution in [2.75, 3.05) is 18.4 Å². The molecule has 1 fully saturated rings. The van der Waals surface area contributed by atoms with Crippen LogP contribution in [-0.2, 0) is 6.42 Å². The van der Waals surface area contributed by atoms with E-state index >= 15 is 0 Å². The lowest BCUT2D eigenvalue weighted by Gasteiger charge is -2.32. The van der Waals surface area contributed by atoms with Gasteiger partial charge in [0.1, 0.15) is 11.5 Å². The van der Waals surface area contributed by atoms with E-state index in [1.807, 2.05) is 24.8 Å². The molecule has 1 saturated heterocycles. The first-order valence-corrected chi connectivity index (χ1v) is 9.96. The summed E-state index contributed by atoms with van der Waals surface area (Å²) >= 11 is 0. The maximum absolute atomic E-state index is 13.0. The van der Waals surface area contributed by atoms with E-state index in [2.05, 4.69) is 44.7 Å². The first kappa shape index (κ1) is 19.1. The third kappa shape index (κ3) is 4.80. The summed E-state index contributed by atoms with van der Waals surface area (Å²) in [5, 5.41) is 6.89. The highest BCUT2D eigenvalue weighted by atomic mass is 16.5. The molecule has 0 saturated carbocycles. The number of piperidine rings is 1. The highest BCUT2D eigenvalue weighted by molar-refractivity contribution is 5.92. The Kier molecular flexibility index (Phi) is 5.55. The van der Waals surface area contributed by atoms with Crippen LogP contribution in [0.25, 0.3) is 0 Å². The lowest BCUT2D eigenvalue weighted by Crippen LogP contribution is -2.39. The second-order valence-corrected chi connectivity index (χ2v) is 7.59. The number of benzene rings is 1. The fourth-order valence-electron chi connectivity index (χ4n) is 3.72. The minimum Gasteiger partial charge on any atom is -0.360 e. The molecule has 0 unspecified atom stereocenters. The summed E-state index contributed by atoms with van der Waals surface area (Å²) < 4.78 is 5.05. The van der Waals surface area contributed by atoms with Crippen molar-refractivity contribution in [3.05, 3.63) is 65.2 Å². The number of aryl methyl sites for hydroxylation is 2. The Balaban J connectivity index is 1.39. The lowest BCUT2D eigenvalue weighted by atomic mass is 9.90. The second-order valence-electron chi connectivity index (χ2n) is 7.59. The van der Waals surface area contributed by atoms with Gasteiger partial charge in [-0.25, -0.2) is 9.97 Å². The predicted molar refractivity (Wildman–Crippen MR) is 110 cm³/mol. The third-order valence-corrected chi connectivity index (χ3v) is 5.21. The standard InChI is InChI=1S/C22H25N5O2/c1-15-12-19(24-22(23-15)25-20-13-16(2)29-26-20)21(28)27-10-8-18(9-11-27)14-17-6-4-3-5-7-17/h3-7,12-13,18H,8-11,14H2,1-2H3,(H,23,24,25,26). The predicted octanol–water partition coefficient (Wildman–Crippen LogP) is 3.92. The maximum atomic E-state index is 13.0. The Hall–Kier alpha value is -3.22. The average Bonchev–Trinajstić information content (AvgIpc) is 3.13. The smallest absolute Gasteiger partial charge is 0.272 e. The molecular formula is C22H25N5O2. The molecule has 3 heterocycles. The van der Waals surface area contributed by atoms with E-state index in [1.165, 1.54) is 5.56 Å². The van der Waals surface area contributed by atoms with Crippen LogP contribution in [0.1, 0.15) is 40.3 Å². The fraction of sp³-hybridized carbons (Fsp3) is 0.364. The normalized spacial score (nSPS) is 14.8. The first-order valence-electron chi connectivity index (χ1n) is 9.96. The SMILES string of the molecule is Cc1cc(C(=O)N2CCC(Cc3ccccc3)CC2)nc(Nc2cc(C)on2)n1. The van der Waals surface area contributed by atoms with E-state index in [-0.39, 0.29) is 5.91 Å². The number of carbonyl (C=O) groups excluding carboxylic acids is 1. The molecule has 0 radical (unpaired) electrons. The van der Waals surface area contributed by atoms with Crippen molar-refractivity contribution in [1.82, 2.24) is 20.0 Å². The molecule has 7 nitrogen and oxygen atoms in total. The number of likely N-dealkylation sites (tertiary alicyclic amines) is 1. The Morgan fingerprint density at radius 2 is 1.90 bits per heavy atom. The van der Waals surface area contributed by atoms with Crippen LogP contribution in [0.4, 0.5) is 11.8 Å². The average molecular weight is 391 g/mol. The number of nitrogens with one attached hydrogen (secondary N) is 1. The molecular weight excluding hydrogens is 366 g/mol. The van der Waals surface area contributed by atoms with E-state index in [0.717, 1.165) is 38.0 Å². The number of aromatic nitrogens is 3. The Labute approximate surface area is 170 Å².